The van der Waals surface area contributed by atoms with Gasteiger partial charge in [-0.2, -0.15) is 0 Å². The van der Waals surface area contributed by atoms with Crippen LogP contribution in [0.4, 0.5) is 0 Å². The maximum Gasteiger partial charge on any atom is 0.161 e. The average molecular weight is 271 g/mol. The minimum absolute atomic E-state index is 0.739. The molecule has 0 atom stereocenters. The summed E-state index contributed by atoms with van der Waals surface area (Å²) in [5.74, 6) is 1.70. The Hall–Kier alpha value is -1.70. The Balaban J connectivity index is 2.21. The molecule has 20 heavy (non-hydrogen) atoms. The summed E-state index contributed by atoms with van der Waals surface area (Å²) in [4.78, 5) is 0. The van der Waals surface area contributed by atoms with Crippen LogP contribution in [0.1, 0.15) is 39.5 Å². The van der Waals surface area contributed by atoms with Crippen LogP contribution in [0.15, 0.2) is 30.3 Å². The number of unbranched alkanes of at least 4 members (excludes halogenated alkanes) is 2. The van der Waals surface area contributed by atoms with E-state index in [9.17, 15) is 0 Å². The Morgan fingerprint density at radius 1 is 0.900 bits per heavy atom. The molecule has 0 aliphatic rings. The summed E-state index contributed by atoms with van der Waals surface area (Å²) < 4.78 is 11.8. The van der Waals surface area contributed by atoms with Crippen molar-refractivity contribution < 1.29 is 9.47 Å². The van der Waals surface area contributed by atoms with Crippen LogP contribution < -0.4 is 9.47 Å². The molecule has 2 aromatic rings. The lowest BCUT2D eigenvalue weighted by Gasteiger charge is -2.14. The van der Waals surface area contributed by atoms with Crippen molar-refractivity contribution in [2.75, 3.05) is 13.2 Å². The molecule has 0 spiro atoms. The SMILES string of the molecule is CCCCOc1cc2c[c]ccc2cc1OCCCC. The van der Waals surface area contributed by atoms with E-state index in [1.54, 1.807) is 0 Å². The first-order valence-electron chi connectivity index (χ1n) is 7.54. The standard InChI is InChI=1S/C18H23O2/c1-3-5-11-19-17-13-15-9-7-8-10-16(15)14-18(17)20-12-6-4-2/h7,9-10,13-14H,3-6,11-12H2,1-2H3. The van der Waals surface area contributed by atoms with E-state index in [1.165, 1.54) is 0 Å². The zero-order valence-corrected chi connectivity index (χ0v) is 12.4. The number of hydrogen-bond donors (Lipinski definition) is 0. The summed E-state index contributed by atoms with van der Waals surface area (Å²) in [6.45, 7) is 5.81. The minimum atomic E-state index is 0.739. The van der Waals surface area contributed by atoms with Gasteiger partial charge < -0.3 is 9.47 Å². The summed E-state index contributed by atoms with van der Waals surface area (Å²) in [5, 5.41) is 2.31. The van der Waals surface area contributed by atoms with Crippen LogP contribution >= 0.6 is 0 Å². The van der Waals surface area contributed by atoms with Crippen LogP contribution in [0.5, 0.6) is 11.5 Å². The van der Waals surface area contributed by atoms with Crippen LogP contribution in [0.25, 0.3) is 10.8 Å². The van der Waals surface area contributed by atoms with Gasteiger partial charge in [0.15, 0.2) is 11.5 Å². The molecule has 0 heterocycles. The third-order valence-electron chi connectivity index (χ3n) is 3.26. The molecule has 0 saturated heterocycles. The smallest absolute Gasteiger partial charge is 0.161 e. The van der Waals surface area contributed by atoms with Gasteiger partial charge in [0.2, 0.25) is 0 Å². The Labute approximate surface area is 121 Å². The second-order valence-corrected chi connectivity index (χ2v) is 4.98. The first kappa shape index (κ1) is 14.7. The van der Waals surface area contributed by atoms with E-state index < -0.39 is 0 Å². The van der Waals surface area contributed by atoms with Gasteiger partial charge in [0.1, 0.15) is 0 Å². The highest BCUT2D eigenvalue weighted by molar-refractivity contribution is 5.85. The van der Waals surface area contributed by atoms with Crippen molar-refractivity contribution in [1.29, 1.82) is 0 Å². The van der Waals surface area contributed by atoms with Crippen molar-refractivity contribution in [3.8, 4) is 11.5 Å². The molecular weight excluding hydrogens is 248 g/mol. The highest BCUT2D eigenvalue weighted by atomic mass is 16.5. The summed E-state index contributed by atoms with van der Waals surface area (Å²) >= 11 is 0. The largest absolute Gasteiger partial charge is 0.490 e. The fourth-order valence-electron chi connectivity index (χ4n) is 2.02. The highest BCUT2D eigenvalue weighted by Crippen LogP contribution is 2.32. The number of benzene rings is 2. The molecule has 0 N–H and O–H groups in total. The van der Waals surface area contributed by atoms with E-state index in [-0.39, 0.29) is 0 Å². The van der Waals surface area contributed by atoms with Gasteiger partial charge >= 0.3 is 0 Å². The fourth-order valence-corrected chi connectivity index (χ4v) is 2.02. The zero-order chi connectivity index (χ0) is 14.2. The van der Waals surface area contributed by atoms with Gasteiger partial charge in [-0.05, 0) is 47.9 Å². The maximum absolute atomic E-state index is 5.88. The van der Waals surface area contributed by atoms with Gasteiger partial charge in [-0.25, -0.2) is 0 Å². The molecule has 1 radical (unpaired) electrons. The molecule has 2 aromatic carbocycles. The molecule has 0 bridgehead atoms. The van der Waals surface area contributed by atoms with Crippen molar-refractivity contribution in [2.24, 2.45) is 0 Å². The topological polar surface area (TPSA) is 18.5 Å². The molecule has 2 heteroatoms. The first-order chi connectivity index (χ1) is 9.85. The molecule has 107 valence electrons. The normalized spacial score (nSPS) is 10.7. The highest BCUT2D eigenvalue weighted by Gasteiger charge is 2.07. The fraction of sp³-hybridized carbons (Fsp3) is 0.444. The molecule has 0 aliphatic heterocycles. The molecule has 0 unspecified atom stereocenters. The van der Waals surface area contributed by atoms with E-state index in [1.807, 2.05) is 12.1 Å². The van der Waals surface area contributed by atoms with Crippen molar-refractivity contribution in [3.05, 3.63) is 36.4 Å². The number of fused-ring (bicyclic) bond motifs is 1. The lowest BCUT2D eigenvalue weighted by molar-refractivity contribution is 0.262. The predicted octanol–water partition coefficient (Wildman–Crippen LogP) is 5.00. The second-order valence-electron chi connectivity index (χ2n) is 4.98. The molecule has 2 nitrogen and oxygen atoms in total. The van der Waals surface area contributed by atoms with Crippen LogP contribution in [-0.2, 0) is 0 Å². The van der Waals surface area contributed by atoms with E-state index in [4.69, 9.17) is 9.47 Å². The monoisotopic (exact) mass is 271 g/mol. The molecule has 0 aliphatic carbocycles. The van der Waals surface area contributed by atoms with Crippen molar-refractivity contribution in [3.63, 3.8) is 0 Å². The van der Waals surface area contributed by atoms with Gasteiger partial charge in [-0.1, -0.05) is 38.8 Å². The maximum atomic E-state index is 5.88. The molecule has 0 saturated carbocycles. The number of ether oxygens (including phenoxy) is 2. The molecule has 0 aromatic heterocycles. The zero-order valence-electron chi connectivity index (χ0n) is 12.4. The third-order valence-corrected chi connectivity index (χ3v) is 3.26. The van der Waals surface area contributed by atoms with Gasteiger partial charge in [0.25, 0.3) is 0 Å². The summed E-state index contributed by atoms with van der Waals surface area (Å²) in [7, 11) is 0. The lowest BCUT2D eigenvalue weighted by atomic mass is 10.1. The van der Waals surface area contributed by atoms with Gasteiger partial charge in [0.05, 0.1) is 13.2 Å². The minimum Gasteiger partial charge on any atom is -0.490 e. The first-order valence-corrected chi connectivity index (χ1v) is 7.54. The van der Waals surface area contributed by atoms with E-state index in [0.29, 0.717) is 0 Å². The lowest BCUT2D eigenvalue weighted by Crippen LogP contribution is -2.02. The van der Waals surface area contributed by atoms with Crippen LogP contribution in [0.3, 0.4) is 0 Å². The summed E-state index contributed by atoms with van der Waals surface area (Å²) in [5.41, 5.74) is 0. The van der Waals surface area contributed by atoms with Crippen molar-refractivity contribution in [1.82, 2.24) is 0 Å². The number of rotatable bonds is 8. The number of hydrogen-bond acceptors (Lipinski definition) is 2. The van der Waals surface area contributed by atoms with Crippen LogP contribution in [-0.4, -0.2) is 13.2 Å². The van der Waals surface area contributed by atoms with Gasteiger partial charge in [0, 0.05) is 0 Å². The van der Waals surface area contributed by atoms with E-state index in [0.717, 1.165) is 61.2 Å². The molecule has 2 rings (SSSR count). The van der Waals surface area contributed by atoms with Gasteiger partial charge in [-0.15, -0.1) is 0 Å². The Morgan fingerprint density at radius 2 is 1.50 bits per heavy atom. The van der Waals surface area contributed by atoms with Gasteiger partial charge in [-0.3, -0.25) is 0 Å². The van der Waals surface area contributed by atoms with Crippen molar-refractivity contribution in [2.45, 2.75) is 39.5 Å². The predicted molar refractivity (Wildman–Crippen MR) is 83.6 cm³/mol. The van der Waals surface area contributed by atoms with Crippen LogP contribution in [0.2, 0.25) is 0 Å². The Morgan fingerprint density at radius 3 is 2.10 bits per heavy atom. The Kier molecular flexibility index (Phi) is 5.72. The summed E-state index contributed by atoms with van der Waals surface area (Å²) in [6.07, 6.45) is 4.39. The quantitative estimate of drug-likeness (QED) is 0.629. The average Bonchev–Trinajstić information content (AvgIpc) is 2.48. The molecule has 0 fully saturated rings. The Bertz CT molecular complexity index is 485. The van der Waals surface area contributed by atoms with Crippen molar-refractivity contribution >= 4 is 10.8 Å². The second kappa shape index (κ2) is 7.78. The molecular formula is C18H23O2. The molecule has 0 amide bonds. The summed E-state index contributed by atoms with van der Waals surface area (Å²) in [6, 6.07) is 13.2. The third kappa shape index (κ3) is 3.89. The van der Waals surface area contributed by atoms with E-state index in [2.05, 4.69) is 38.1 Å². The van der Waals surface area contributed by atoms with Crippen LogP contribution in [0, 0.1) is 6.07 Å². The van der Waals surface area contributed by atoms with E-state index >= 15 is 0 Å².